The molecule has 300 valence electrons. The third-order valence-electron chi connectivity index (χ3n) is 13.6. The van der Waals surface area contributed by atoms with Gasteiger partial charge < -0.3 is 5.32 Å². The van der Waals surface area contributed by atoms with Crippen molar-refractivity contribution in [1.29, 1.82) is 0 Å². The van der Waals surface area contributed by atoms with E-state index in [2.05, 4.69) is 194 Å². The van der Waals surface area contributed by atoms with Gasteiger partial charge in [0.2, 0.25) is 0 Å². The van der Waals surface area contributed by atoms with Crippen LogP contribution in [0, 0.1) is 6.92 Å². The van der Waals surface area contributed by atoms with Gasteiger partial charge >= 0.3 is 0 Å². The Hall–Kier alpha value is -8.28. The third kappa shape index (κ3) is 5.31. The topological polar surface area (TPSA) is 62.5 Å². The van der Waals surface area contributed by atoms with Crippen LogP contribution in [0.2, 0.25) is 0 Å². The number of hydrogen-bond acceptors (Lipinski definition) is 5. The maximum absolute atomic E-state index is 5.49. The summed E-state index contributed by atoms with van der Waals surface area (Å²) in [6.45, 7) is 2.20. The number of rotatable bonds is 5. The summed E-state index contributed by atoms with van der Waals surface area (Å²) < 4.78 is 0. The van der Waals surface area contributed by atoms with Gasteiger partial charge in [-0.25, -0.2) is 15.0 Å². The van der Waals surface area contributed by atoms with Crippen LogP contribution in [-0.2, 0) is 5.41 Å². The van der Waals surface area contributed by atoms with Crippen molar-refractivity contribution in [2.24, 2.45) is 9.98 Å². The number of nitrogens with one attached hydrogen (secondary N) is 1. The third-order valence-corrected chi connectivity index (χ3v) is 13.6. The van der Waals surface area contributed by atoms with E-state index in [1.807, 2.05) is 18.2 Å². The highest BCUT2D eigenvalue weighted by Gasteiger charge is 2.51. The van der Waals surface area contributed by atoms with Gasteiger partial charge in [-0.2, -0.15) is 0 Å². The van der Waals surface area contributed by atoms with E-state index >= 15 is 0 Å². The minimum absolute atomic E-state index is 0.444. The van der Waals surface area contributed by atoms with Crippen molar-refractivity contribution in [1.82, 2.24) is 15.3 Å². The summed E-state index contributed by atoms with van der Waals surface area (Å²) in [6.07, 6.45) is 1.36. The molecule has 1 aliphatic heterocycles. The van der Waals surface area contributed by atoms with Gasteiger partial charge in [-0.05, 0) is 103 Å². The van der Waals surface area contributed by atoms with Gasteiger partial charge in [0, 0.05) is 28.1 Å². The number of aliphatic imine (C=N–C) groups is 2. The number of amidine groups is 2. The average Bonchev–Trinajstić information content (AvgIpc) is 3.84. The Kier molecular flexibility index (Phi) is 8.03. The second-order valence-electron chi connectivity index (χ2n) is 17.0. The zero-order valence-corrected chi connectivity index (χ0v) is 35.0. The molecule has 5 heteroatoms. The molecular formula is C59H39N5. The first kappa shape index (κ1) is 36.4. The minimum Gasteiger partial charge on any atom is -0.344 e. The first-order valence-corrected chi connectivity index (χ1v) is 21.9. The Morgan fingerprint density at radius 2 is 1.11 bits per heavy atom. The average molecular weight is 818 g/mol. The molecule has 1 atom stereocenters. The lowest BCUT2D eigenvalue weighted by Gasteiger charge is -2.31. The standard InChI is InChI=1S/C59H39N5/c1-36-53(38-16-4-2-5-17-38)46-32-29-37-27-28-40(34-47(37)55(46)61-54(36)39-18-6-3-7-19-39)56-62-57(64-58(63-56)52-26-14-15-33-60-52)41-30-31-45-44-22-10-13-25-50(44)59(51(45)35-41)48-23-11-8-20-42(48)43-21-9-12-24-49(43)59/h2-35,57H,1H3,(H,62,63,64). The molecular weight excluding hydrogens is 779 g/mol. The van der Waals surface area contributed by atoms with Crippen molar-refractivity contribution >= 4 is 33.3 Å². The van der Waals surface area contributed by atoms with Gasteiger partial charge in [-0.3, -0.25) is 4.98 Å². The van der Waals surface area contributed by atoms with Crippen LogP contribution in [0.3, 0.4) is 0 Å². The van der Waals surface area contributed by atoms with Crippen molar-refractivity contribution in [3.63, 3.8) is 0 Å². The molecule has 0 radical (unpaired) electrons. The highest BCUT2D eigenvalue weighted by molar-refractivity contribution is 6.16. The van der Waals surface area contributed by atoms with E-state index in [1.165, 1.54) is 55.6 Å². The summed E-state index contributed by atoms with van der Waals surface area (Å²) in [7, 11) is 0. The van der Waals surface area contributed by atoms with E-state index < -0.39 is 11.6 Å². The molecule has 5 nitrogen and oxygen atoms in total. The summed E-state index contributed by atoms with van der Waals surface area (Å²) in [5, 5.41) is 7.11. The van der Waals surface area contributed by atoms with Gasteiger partial charge in [-0.1, -0.05) is 176 Å². The SMILES string of the molecule is Cc1c(-c2ccccc2)nc2c(ccc3ccc(C4=NC(c5ccccn5)=NC(c5ccc6c(c5)C5(c7ccccc7-c7ccccc75)c5ccccc5-6)N4)cc32)c1-c1ccccc1. The second-order valence-corrected chi connectivity index (χ2v) is 17.0. The number of benzene rings is 8. The van der Waals surface area contributed by atoms with E-state index in [4.69, 9.17) is 20.0 Å². The van der Waals surface area contributed by atoms with Crippen LogP contribution in [0.5, 0.6) is 0 Å². The lowest BCUT2D eigenvalue weighted by atomic mass is 9.70. The maximum Gasteiger partial charge on any atom is 0.178 e. The van der Waals surface area contributed by atoms with Gasteiger partial charge in [0.25, 0.3) is 0 Å². The van der Waals surface area contributed by atoms with Crippen LogP contribution in [0.15, 0.2) is 216 Å². The van der Waals surface area contributed by atoms with E-state index in [9.17, 15) is 0 Å². The molecule has 2 aromatic heterocycles. The molecule has 0 saturated heterocycles. The Morgan fingerprint density at radius 1 is 0.500 bits per heavy atom. The zero-order chi connectivity index (χ0) is 42.4. The highest BCUT2D eigenvalue weighted by atomic mass is 15.2. The smallest absolute Gasteiger partial charge is 0.178 e. The van der Waals surface area contributed by atoms with Crippen molar-refractivity contribution in [2.45, 2.75) is 18.5 Å². The monoisotopic (exact) mass is 817 g/mol. The molecule has 1 unspecified atom stereocenters. The fraction of sp³-hybridized carbons (Fsp3) is 0.0508. The predicted molar refractivity (Wildman–Crippen MR) is 261 cm³/mol. The van der Waals surface area contributed by atoms with Gasteiger partial charge in [0.1, 0.15) is 17.7 Å². The van der Waals surface area contributed by atoms with Crippen molar-refractivity contribution in [2.75, 3.05) is 0 Å². The Labute approximate surface area is 371 Å². The lowest BCUT2D eigenvalue weighted by molar-refractivity contribution is 0.670. The van der Waals surface area contributed by atoms with Crippen LogP contribution >= 0.6 is 0 Å². The molecule has 10 aromatic rings. The molecule has 0 saturated carbocycles. The number of hydrogen-bond donors (Lipinski definition) is 1. The largest absolute Gasteiger partial charge is 0.344 e. The summed E-state index contributed by atoms with van der Waals surface area (Å²) in [5.41, 5.74) is 19.1. The van der Waals surface area contributed by atoms with Crippen molar-refractivity contribution in [3.8, 4) is 44.6 Å². The van der Waals surface area contributed by atoms with Crippen LogP contribution in [0.4, 0.5) is 0 Å². The van der Waals surface area contributed by atoms with Crippen LogP contribution < -0.4 is 5.32 Å². The quantitative estimate of drug-likeness (QED) is 0.176. The first-order valence-electron chi connectivity index (χ1n) is 21.9. The summed E-state index contributed by atoms with van der Waals surface area (Å²) in [4.78, 5) is 20.8. The van der Waals surface area contributed by atoms with Gasteiger partial charge in [0.05, 0.1) is 16.6 Å². The van der Waals surface area contributed by atoms with Gasteiger partial charge in [0.15, 0.2) is 5.84 Å². The minimum atomic E-state index is -0.462. The molecule has 1 N–H and O–H groups in total. The molecule has 0 amide bonds. The number of nitrogens with zero attached hydrogens (tertiary/aromatic N) is 4. The molecule has 13 rings (SSSR count). The summed E-state index contributed by atoms with van der Waals surface area (Å²) >= 11 is 0. The Balaban J connectivity index is 0.990. The van der Waals surface area contributed by atoms with Crippen LogP contribution in [-0.4, -0.2) is 21.6 Å². The van der Waals surface area contributed by atoms with E-state index in [0.717, 1.165) is 61.2 Å². The molecule has 64 heavy (non-hydrogen) atoms. The number of fused-ring (bicyclic) bond motifs is 13. The Bertz CT molecular complexity index is 3530. The van der Waals surface area contributed by atoms with Gasteiger partial charge in [-0.15, -0.1) is 0 Å². The van der Waals surface area contributed by atoms with Crippen molar-refractivity contribution in [3.05, 3.63) is 251 Å². The Morgan fingerprint density at radius 3 is 1.78 bits per heavy atom. The molecule has 2 aliphatic carbocycles. The lowest BCUT2D eigenvalue weighted by Crippen LogP contribution is -2.34. The first-order chi connectivity index (χ1) is 31.6. The van der Waals surface area contributed by atoms with E-state index in [1.54, 1.807) is 6.20 Å². The van der Waals surface area contributed by atoms with Crippen molar-refractivity contribution < 1.29 is 0 Å². The van der Waals surface area contributed by atoms with E-state index in [-0.39, 0.29) is 0 Å². The van der Waals surface area contributed by atoms with Crippen LogP contribution in [0.1, 0.15) is 50.8 Å². The normalized spacial score (nSPS) is 15.2. The molecule has 3 aliphatic rings. The second kappa shape index (κ2) is 14.1. The van der Waals surface area contributed by atoms with Crippen LogP contribution in [0.25, 0.3) is 66.3 Å². The predicted octanol–water partition coefficient (Wildman–Crippen LogP) is 13.3. The number of aromatic nitrogens is 2. The zero-order valence-electron chi connectivity index (χ0n) is 35.0. The molecule has 1 spiro atoms. The number of pyridine rings is 2. The fourth-order valence-corrected chi connectivity index (χ4v) is 10.8. The molecule has 0 fully saturated rings. The molecule has 0 bridgehead atoms. The maximum atomic E-state index is 5.49. The molecule has 8 aromatic carbocycles. The molecule has 3 heterocycles. The summed E-state index contributed by atoms with van der Waals surface area (Å²) in [6, 6.07) is 71.9. The fourth-order valence-electron chi connectivity index (χ4n) is 10.8. The summed E-state index contributed by atoms with van der Waals surface area (Å²) in [5.74, 6) is 1.31. The highest BCUT2D eigenvalue weighted by Crippen LogP contribution is 2.63. The van der Waals surface area contributed by atoms with E-state index in [0.29, 0.717) is 5.84 Å².